The molecule has 2 N–H and O–H groups in total. The van der Waals surface area contributed by atoms with E-state index in [9.17, 15) is 14.4 Å². The monoisotopic (exact) mass is 363 g/mol. The zero-order valence-corrected chi connectivity index (χ0v) is 14.2. The molecule has 0 aliphatic heterocycles. The molecule has 0 bridgehead atoms. The van der Waals surface area contributed by atoms with Crippen molar-refractivity contribution in [3.63, 3.8) is 0 Å². The van der Waals surface area contributed by atoms with Crippen molar-refractivity contribution >= 4 is 44.9 Å². The van der Waals surface area contributed by atoms with Crippen molar-refractivity contribution < 1.29 is 4.79 Å². The fourth-order valence-electron chi connectivity index (χ4n) is 2.10. The van der Waals surface area contributed by atoms with Crippen molar-refractivity contribution in [1.82, 2.24) is 20.0 Å². The van der Waals surface area contributed by atoms with Crippen LogP contribution in [-0.2, 0) is 11.3 Å². The van der Waals surface area contributed by atoms with Crippen molar-refractivity contribution in [3.8, 4) is 0 Å². The number of nitrogens with one attached hydrogen (secondary N) is 2. The molecule has 3 aromatic rings. The summed E-state index contributed by atoms with van der Waals surface area (Å²) >= 11 is 2.78. The molecule has 24 heavy (non-hydrogen) atoms. The highest BCUT2D eigenvalue weighted by Crippen LogP contribution is 2.24. The van der Waals surface area contributed by atoms with Gasteiger partial charge in [-0.15, -0.1) is 10.2 Å². The van der Waals surface area contributed by atoms with E-state index in [1.165, 1.54) is 23.1 Å². The minimum absolute atomic E-state index is 0.270. The maximum Gasteiger partial charge on any atom is 0.273 e. The molecule has 2 aromatic heterocycles. The van der Waals surface area contributed by atoms with Gasteiger partial charge < -0.3 is 0 Å². The Balaban J connectivity index is 1.81. The van der Waals surface area contributed by atoms with Gasteiger partial charge in [0.15, 0.2) is 4.34 Å². The Morgan fingerprint density at radius 1 is 1.29 bits per heavy atom. The molecule has 0 unspecified atom stereocenters. The van der Waals surface area contributed by atoms with Gasteiger partial charge in [0, 0.05) is 0 Å². The molecular weight excluding hydrogens is 350 g/mol. The number of aromatic amines is 1. The smallest absolute Gasteiger partial charge is 0.273 e. The van der Waals surface area contributed by atoms with Crippen molar-refractivity contribution in [2.45, 2.75) is 17.8 Å². The van der Waals surface area contributed by atoms with Crippen LogP contribution in [0.5, 0.6) is 0 Å². The van der Waals surface area contributed by atoms with E-state index < -0.39 is 17.0 Å². The SMILES string of the molecule is CCSc1nnc(NC(=O)Cn2[nH]c(=O)c3ccccc3c2=O)s1. The first-order valence-corrected chi connectivity index (χ1v) is 8.86. The summed E-state index contributed by atoms with van der Waals surface area (Å²) in [5.74, 6) is 0.392. The van der Waals surface area contributed by atoms with E-state index >= 15 is 0 Å². The molecule has 2 heterocycles. The van der Waals surface area contributed by atoms with Gasteiger partial charge in [0.2, 0.25) is 11.0 Å². The molecule has 0 saturated heterocycles. The number of fused-ring (bicyclic) bond motifs is 1. The van der Waals surface area contributed by atoms with E-state index in [4.69, 9.17) is 0 Å². The molecular formula is C14H13N5O3S2. The number of carbonyl (C=O) groups excluding carboxylic acids is 1. The molecule has 0 saturated carbocycles. The predicted molar refractivity (Wildman–Crippen MR) is 93.8 cm³/mol. The molecule has 3 rings (SSSR count). The highest BCUT2D eigenvalue weighted by Gasteiger charge is 2.12. The van der Waals surface area contributed by atoms with Crippen LogP contribution in [0.3, 0.4) is 0 Å². The topological polar surface area (TPSA) is 110 Å². The largest absolute Gasteiger partial charge is 0.299 e. The van der Waals surface area contributed by atoms with Crippen LogP contribution in [0.1, 0.15) is 6.92 Å². The zero-order chi connectivity index (χ0) is 17.1. The molecule has 0 atom stereocenters. The second kappa shape index (κ2) is 6.97. The van der Waals surface area contributed by atoms with E-state index in [1.54, 1.807) is 24.3 Å². The second-order valence-electron chi connectivity index (χ2n) is 4.73. The lowest BCUT2D eigenvalue weighted by Crippen LogP contribution is -2.34. The minimum atomic E-state index is -0.466. The molecule has 8 nitrogen and oxygen atoms in total. The van der Waals surface area contributed by atoms with Gasteiger partial charge in [0.05, 0.1) is 10.8 Å². The third kappa shape index (κ3) is 3.39. The lowest BCUT2D eigenvalue weighted by atomic mass is 10.2. The summed E-state index contributed by atoms with van der Waals surface area (Å²) in [4.78, 5) is 36.4. The van der Waals surface area contributed by atoms with Crippen LogP contribution in [0.25, 0.3) is 10.8 Å². The zero-order valence-electron chi connectivity index (χ0n) is 12.6. The Morgan fingerprint density at radius 2 is 2.04 bits per heavy atom. The Kier molecular flexibility index (Phi) is 4.76. The number of aromatic nitrogens is 4. The number of anilines is 1. The number of rotatable bonds is 5. The normalized spacial score (nSPS) is 10.9. The number of H-pyrrole nitrogens is 1. The number of nitrogens with zero attached hydrogens (tertiary/aromatic N) is 3. The van der Waals surface area contributed by atoms with Gasteiger partial charge >= 0.3 is 0 Å². The molecule has 0 spiro atoms. The molecule has 124 valence electrons. The third-order valence-electron chi connectivity index (χ3n) is 3.11. The number of hydrogen-bond donors (Lipinski definition) is 2. The van der Waals surface area contributed by atoms with Crippen LogP contribution in [0.4, 0.5) is 5.13 Å². The van der Waals surface area contributed by atoms with Crippen LogP contribution < -0.4 is 16.4 Å². The van der Waals surface area contributed by atoms with Gasteiger partial charge in [-0.05, 0) is 17.9 Å². The van der Waals surface area contributed by atoms with E-state index in [1.807, 2.05) is 6.92 Å². The number of thioether (sulfide) groups is 1. The van der Waals surface area contributed by atoms with Crippen molar-refractivity contribution in [3.05, 3.63) is 45.0 Å². The molecule has 1 aromatic carbocycles. The number of benzene rings is 1. The van der Waals surface area contributed by atoms with Crippen molar-refractivity contribution in [2.75, 3.05) is 11.1 Å². The van der Waals surface area contributed by atoms with Crippen LogP contribution in [0.2, 0.25) is 0 Å². The maximum atomic E-state index is 12.3. The molecule has 0 fully saturated rings. The fraction of sp³-hybridized carbons (Fsp3) is 0.214. The highest BCUT2D eigenvalue weighted by atomic mass is 32.2. The number of amides is 1. The van der Waals surface area contributed by atoms with E-state index in [0.717, 1.165) is 14.8 Å². The second-order valence-corrected chi connectivity index (χ2v) is 7.22. The predicted octanol–water partition coefficient (Wildman–Crippen LogP) is 1.29. The molecule has 1 amide bonds. The van der Waals surface area contributed by atoms with Crippen molar-refractivity contribution in [1.29, 1.82) is 0 Å². The summed E-state index contributed by atoms with van der Waals surface area (Å²) in [5.41, 5.74) is -0.851. The van der Waals surface area contributed by atoms with Crippen LogP contribution in [0, 0.1) is 0 Å². The number of carbonyl (C=O) groups is 1. The van der Waals surface area contributed by atoms with Gasteiger partial charge in [-0.1, -0.05) is 42.2 Å². The first-order valence-electron chi connectivity index (χ1n) is 7.06. The van der Waals surface area contributed by atoms with Gasteiger partial charge in [-0.2, -0.15) is 0 Å². The lowest BCUT2D eigenvalue weighted by molar-refractivity contribution is -0.117. The van der Waals surface area contributed by atoms with E-state index in [2.05, 4.69) is 20.6 Å². The Bertz CT molecular complexity index is 1010. The van der Waals surface area contributed by atoms with Gasteiger partial charge in [0.1, 0.15) is 6.54 Å². The molecule has 10 heteroatoms. The third-order valence-corrected chi connectivity index (χ3v) is 4.96. The summed E-state index contributed by atoms with van der Waals surface area (Å²) in [7, 11) is 0. The summed E-state index contributed by atoms with van der Waals surface area (Å²) in [5, 5.41) is 13.7. The summed E-state index contributed by atoms with van der Waals surface area (Å²) in [6, 6.07) is 6.46. The van der Waals surface area contributed by atoms with Crippen LogP contribution >= 0.6 is 23.1 Å². The first-order chi connectivity index (χ1) is 11.6. The summed E-state index contributed by atoms with van der Waals surface area (Å²) in [6.07, 6.45) is 0. The highest BCUT2D eigenvalue weighted by molar-refractivity contribution is 8.01. The van der Waals surface area contributed by atoms with Crippen LogP contribution in [-0.4, -0.2) is 31.6 Å². The molecule has 0 aliphatic carbocycles. The lowest BCUT2D eigenvalue weighted by Gasteiger charge is -2.06. The van der Waals surface area contributed by atoms with Gasteiger partial charge in [-0.25, -0.2) is 4.68 Å². The quantitative estimate of drug-likeness (QED) is 0.522. The number of hydrogen-bond acceptors (Lipinski definition) is 7. The minimum Gasteiger partial charge on any atom is -0.299 e. The Hall–Kier alpha value is -2.46. The van der Waals surface area contributed by atoms with E-state index in [0.29, 0.717) is 10.5 Å². The average Bonchev–Trinajstić information content (AvgIpc) is 3.00. The molecule has 0 aliphatic rings. The first kappa shape index (κ1) is 16.4. The van der Waals surface area contributed by atoms with Crippen molar-refractivity contribution in [2.24, 2.45) is 0 Å². The van der Waals surface area contributed by atoms with Gasteiger partial charge in [0.25, 0.3) is 11.1 Å². The summed E-state index contributed by atoms with van der Waals surface area (Å²) < 4.78 is 1.74. The summed E-state index contributed by atoms with van der Waals surface area (Å²) in [6.45, 7) is 1.68. The van der Waals surface area contributed by atoms with E-state index in [-0.39, 0.29) is 11.9 Å². The standard InChI is InChI=1S/C14H13N5O3S2/c1-2-23-14-17-16-13(24-14)15-10(20)7-19-12(22)9-6-4-3-5-8(9)11(21)18-19/h3-6H,2,7H2,1H3,(H,18,21)(H,15,16,20). The average molecular weight is 363 g/mol. The van der Waals surface area contributed by atoms with Crippen LogP contribution in [0.15, 0.2) is 38.2 Å². The Labute approximate surface area is 143 Å². The maximum absolute atomic E-state index is 12.3. The fourth-order valence-corrected chi connectivity index (χ4v) is 3.77. The van der Waals surface area contributed by atoms with Gasteiger partial charge in [-0.3, -0.25) is 24.8 Å². The molecule has 0 radical (unpaired) electrons. The Morgan fingerprint density at radius 3 is 2.79 bits per heavy atom.